The molecule has 2 heteroatoms. The Hall–Kier alpha value is -4.56. The van der Waals surface area contributed by atoms with Crippen molar-refractivity contribution in [2.75, 3.05) is 0 Å². The largest absolute Gasteiger partial charge is 0.256 e. The molecule has 0 radical (unpaired) electrons. The minimum absolute atomic E-state index is 0.988. The van der Waals surface area contributed by atoms with Gasteiger partial charge in [0.05, 0.1) is 11.4 Å². The van der Waals surface area contributed by atoms with Gasteiger partial charge < -0.3 is 0 Å². The normalized spacial score (nSPS) is 11.5. The molecule has 7 rings (SSSR count). The highest BCUT2D eigenvalue weighted by Gasteiger charge is 2.15. The van der Waals surface area contributed by atoms with Gasteiger partial charge in [-0.2, -0.15) is 0 Å². The molecule has 34 heavy (non-hydrogen) atoms. The van der Waals surface area contributed by atoms with E-state index in [1.165, 1.54) is 49.0 Å². The SMILES string of the molecule is c1ccc(-c2cccc(-c3ccc4ccc5c(-c6ccccn6)ccc6ccc3c4c65)c2)nc1. The fraction of sp³-hybridized carbons (Fsp3) is 0. The van der Waals surface area contributed by atoms with Crippen LogP contribution in [0.1, 0.15) is 0 Å². The fourth-order valence-electron chi connectivity index (χ4n) is 5.18. The molecular weight excluding hydrogens is 412 g/mol. The predicted octanol–water partition coefficient (Wildman–Crippen LogP) is 8.38. The summed E-state index contributed by atoms with van der Waals surface area (Å²) in [6.45, 7) is 0. The van der Waals surface area contributed by atoms with Crippen molar-refractivity contribution >= 4 is 32.3 Å². The van der Waals surface area contributed by atoms with Crippen molar-refractivity contribution in [2.45, 2.75) is 0 Å². The van der Waals surface area contributed by atoms with Crippen molar-refractivity contribution in [3.63, 3.8) is 0 Å². The molecule has 5 aromatic carbocycles. The summed E-state index contributed by atoms with van der Waals surface area (Å²) in [5.74, 6) is 0. The van der Waals surface area contributed by atoms with Crippen molar-refractivity contribution in [1.29, 1.82) is 0 Å². The molecule has 2 nitrogen and oxygen atoms in total. The van der Waals surface area contributed by atoms with Crippen molar-refractivity contribution in [3.8, 4) is 33.6 Å². The van der Waals surface area contributed by atoms with Crippen molar-refractivity contribution in [3.05, 3.63) is 122 Å². The quantitative estimate of drug-likeness (QED) is 0.262. The zero-order valence-electron chi connectivity index (χ0n) is 18.4. The van der Waals surface area contributed by atoms with Gasteiger partial charge in [-0.05, 0) is 73.8 Å². The molecule has 0 bridgehead atoms. The van der Waals surface area contributed by atoms with E-state index in [1.807, 2.05) is 36.7 Å². The minimum Gasteiger partial charge on any atom is -0.256 e. The van der Waals surface area contributed by atoms with Gasteiger partial charge in [0, 0.05) is 23.5 Å². The summed E-state index contributed by atoms with van der Waals surface area (Å²) in [5.41, 5.74) is 6.73. The maximum atomic E-state index is 4.63. The van der Waals surface area contributed by atoms with E-state index in [2.05, 4.69) is 94.9 Å². The van der Waals surface area contributed by atoms with Crippen LogP contribution in [-0.4, -0.2) is 9.97 Å². The molecule has 0 aliphatic carbocycles. The maximum absolute atomic E-state index is 4.63. The molecular formula is C32H20N2. The number of rotatable bonds is 3. The Kier molecular flexibility index (Phi) is 4.18. The molecule has 0 aliphatic heterocycles. The lowest BCUT2D eigenvalue weighted by Gasteiger charge is -2.16. The number of pyridine rings is 2. The van der Waals surface area contributed by atoms with Crippen molar-refractivity contribution < 1.29 is 0 Å². The second kappa shape index (κ2) is 7.50. The van der Waals surface area contributed by atoms with E-state index >= 15 is 0 Å². The van der Waals surface area contributed by atoms with Crippen LogP contribution in [0.3, 0.4) is 0 Å². The summed E-state index contributed by atoms with van der Waals surface area (Å²) in [4.78, 5) is 9.17. The van der Waals surface area contributed by atoms with Gasteiger partial charge in [-0.1, -0.05) is 78.9 Å². The number of aromatic nitrogens is 2. The van der Waals surface area contributed by atoms with Gasteiger partial charge in [-0.15, -0.1) is 0 Å². The summed E-state index contributed by atoms with van der Waals surface area (Å²) in [5, 5.41) is 7.65. The first kappa shape index (κ1) is 19.0. The number of hydrogen-bond donors (Lipinski definition) is 0. The van der Waals surface area contributed by atoms with E-state index < -0.39 is 0 Å². The molecule has 0 saturated heterocycles. The number of nitrogens with zero attached hydrogens (tertiary/aromatic N) is 2. The van der Waals surface area contributed by atoms with Crippen molar-refractivity contribution in [1.82, 2.24) is 9.97 Å². The van der Waals surface area contributed by atoms with Crippen LogP contribution in [0.2, 0.25) is 0 Å². The zero-order valence-corrected chi connectivity index (χ0v) is 18.4. The third kappa shape index (κ3) is 2.89. The van der Waals surface area contributed by atoms with Crippen molar-refractivity contribution in [2.24, 2.45) is 0 Å². The molecule has 2 aromatic heterocycles. The topological polar surface area (TPSA) is 25.8 Å². The van der Waals surface area contributed by atoms with E-state index in [0.29, 0.717) is 0 Å². The lowest BCUT2D eigenvalue weighted by Crippen LogP contribution is -1.90. The van der Waals surface area contributed by atoms with Gasteiger partial charge in [-0.25, -0.2) is 0 Å². The summed E-state index contributed by atoms with van der Waals surface area (Å²) in [6.07, 6.45) is 3.71. The summed E-state index contributed by atoms with van der Waals surface area (Å²) in [6, 6.07) is 38.7. The molecule has 7 aromatic rings. The summed E-state index contributed by atoms with van der Waals surface area (Å²) >= 11 is 0. The Morgan fingerprint density at radius 3 is 1.68 bits per heavy atom. The summed E-state index contributed by atoms with van der Waals surface area (Å²) in [7, 11) is 0. The highest BCUT2D eigenvalue weighted by atomic mass is 14.7. The van der Waals surface area contributed by atoms with Crippen LogP contribution in [-0.2, 0) is 0 Å². The van der Waals surface area contributed by atoms with Gasteiger partial charge in [0.15, 0.2) is 0 Å². The molecule has 2 heterocycles. The third-order valence-corrected chi connectivity index (χ3v) is 6.74. The first-order valence-corrected chi connectivity index (χ1v) is 11.5. The molecule has 0 spiro atoms. The third-order valence-electron chi connectivity index (χ3n) is 6.74. The Labute approximate surface area is 197 Å². The monoisotopic (exact) mass is 432 g/mol. The van der Waals surface area contributed by atoms with Gasteiger partial charge in [0.25, 0.3) is 0 Å². The Balaban J connectivity index is 1.51. The lowest BCUT2D eigenvalue weighted by atomic mass is 9.87. The molecule has 0 aliphatic rings. The Morgan fingerprint density at radius 2 is 1.00 bits per heavy atom. The zero-order chi connectivity index (χ0) is 22.5. The highest BCUT2D eigenvalue weighted by Crippen LogP contribution is 2.42. The van der Waals surface area contributed by atoms with E-state index in [-0.39, 0.29) is 0 Å². The average Bonchev–Trinajstić information content (AvgIpc) is 2.92. The molecule has 0 saturated carbocycles. The smallest absolute Gasteiger partial charge is 0.0708 e. The second-order valence-electron chi connectivity index (χ2n) is 8.66. The lowest BCUT2D eigenvalue weighted by molar-refractivity contribution is 1.33. The average molecular weight is 433 g/mol. The minimum atomic E-state index is 0.988. The van der Waals surface area contributed by atoms with Crippen LogP contribution in [0.5, 0.6) is 0 Å². The first-order valence-electron chi connectivity index (χ1n) is 11.5. The Bertz CT molecular complexity index is 1790. The van der Waals surface area contributed by atoms with Crippen LogP contribution in [0.15, 0.2) is 122 Å². The first-order chi connectivity index (χ1) is 16.9. The second-order valence-corrected chi connectivity index (χ2v) is 8.66. The molecule has 158 valence electrons. The van der Waals surface area contributed by atoms with E-state index in [9.17, 15) is 0 Å². The fourth-order valence-corrected chi connectivity index (χ4v) is 5.18. The van der Waals surface area contributed by atoms with Gasteiger partial charge in [-0.3, -0.25) is 9.97 Å². The molecule has 0 N–H and O–H groups in total. The predicted molar refractivity (Wildman–Crippen MR) is 142 cm³/mol. The van der Waals surface area contributed by atoms with Gasteiger partial charge >= 0.3 is 0 Å². The maximum Gasteiger partial charge on any atom is 0.0708 e. The van der Waals surface area contributed by atoms with Crippen LogP contribution >= 0.6 is 0 Å². The molecule has 0 unspecified atom stereocenters. The summed E-state index contributed by atoms with van der Waals surface area (Å²) < 4.78 is 0. The van der Waals surface area contributed by atoms with E-state index in [4.69, 9.17) is 0 Å². The highest BCUT2D eigenvalue weighted by molar-refractivity contribution is 6.27. The Morgan fingerprint density at radius 1 is 0.412 bits per heavy atom. The van der Waals surface area contributed by atoms with Crippen LogP contribution in [0.4, 0.5) is 0 Å². The van der Waals surface area contributed by atoms with Gasteiger partial charge in [0.2, 0.25) is 0 Å². The molecule has 0 amide bonds. The molecule has 0 atom stereocenters. The van der Waals surface area contributed by atoms with Crippen LogP contribution in [0.25, 0.3) is 66.0 Å². The number of benzene rings is 5. The van der Waals surface area contributed by atoms with Crippen LogP contribution in [0, 0.1) is 0 Å². The molecule has 0 fully saturated rings. The van der Waals surface area contributed by atoms with Gasteiger partial charge in [0.1, 0.15) is 0 Å². The van der Waals surface area contributed by atoms with E-state index in [1.54, 1.807) is 0 Å². The number of hydrogen-bond acceptors (Lipinski definition) is 2. The standard InChI is InChI=1S/C32H20N2/c1-3-18-33-29(8-1)24-7-5-6-23(20-24)25-14-10-21-13-17-28-26(30-9-2-4-19-34-30)15-11-22-12-16-27(25)31(21)32(22)28/h1-20H. The van der Waals surface area contributed by atoms with Crippen LogP contribution < -0.4 is 0 Å². The van der Waals surface area contributed by atoms with E-state index in [0.717, 1.165) is 17.0 Å².